The zero-order valence-corrected chi connectivity index (χ0v) is 12.5. The molecule has 19 heavy (non-hydrogen) atoms. The lowest BCUT2D eigenvalue weighted by atomic mass is 9.76. The van der Waals surface area contributed by atoms with Crippen molar-refractivity contribution >= 4 is 0 Å². The highest BCUT2D eigenvalue weighted by Gasteiger charge is 2.27. The molecule has 0 heterocycles. The van der Waals surface area contributed by atoms with Gasteiger partial charge in [0.05, 0.1) is 12.2 Å². The molecular formula is C16H30O3. The maximum atomic E-state index is 9.55. The SMILES string of the molecule is COC(C)OC1CCC(CC2CCC(O)CC2)CC1. The summed E-state index contributed by atoms with van der Waals surface area (Å²) >= 11 is 0. The van der Waals surface area contributed by atoms with E-state index in [2.05, 4.69) is 0 Å². The summed E-state index contributed by atoms with van der Waals surface area (Å²) in [6.07, 6.45) is 11.2. The molecule has 0 aromatic rings. The highest BCUT2D eigenvalue weighted by molar-refractivity contribution is 4.78. The van der Waals surface area contributed by atoms with E-state index in [1.54, 1.807) is 7.11 Å². The molecule has 3 heteroatoms. The monoisotopic (exact) mass is 270 g/mol. The first-order valence-electron chi connectivity index (χ1n) is 8.03. The van der Waals surface area contributed by atoms with Crippen LogP contribution < -0.4 is 0 Å². The number of hydrogen-bond donors (Lipinski definition) is 1. The summed E-state index contributed by atoms with van der Waals surface area (Å²) in [5.41, 5.74) is 0. The lowest BCUT2D eigenvalue weighted by Gasteiger charge is -2.33. The van der Waals surface area contributed by atoms with Gasteiger partial charge in [-0.15, -0.1) is 0 Å². The van der Waals surface area contributed by atoms with Crippen LogP contribution in [0.5, 0.6) is 0 Å². The Labute approximate surface area is 117 Å². The fraction of sp³-hybridized carbons (Fsp3) is 1.00. The van der Waals surface area contributed by atoms with E-state index in [1.165, 1.54) is 44.9 Å². The molecule has 1 unspecified atom stereocenters. The van der Waals surface area contributed by atoms with Crippen molar-refractivity contribution in [2.75, 3.05) is 7.11 Å². The van der Waals surface area contributed by atoms with Crippen LogP contribution in [0.4, 0.5) is 0 Å². The molecule has 2 rings (SSSR count). The van der Waals surface area contributed by atoms with Gasteiger partial charge in [-0.25, -0.2) is 0 Å². The topological polar surface area (TPSA) is 38.7 Å². The van der Waals surface area contributed by atoms with E-state index in [-0.39, 0.29) is 12.4 Å². The van der Waals surface area contributed by atoms with Gasteiger partial charge in [0.25, 0.3) is 0 Å². The zero-order chi connectivity index (χ0) is 13.7. The summed E-state index contributed by atoms with van der Waals surface area (Å²) in [5, 5.41) is 9.55. The summed E-state index contributed by atoms with van der Waals surface area (Å²) in [4.78, 5) is 0. The minimum atomic E-state index is -0.0682. The van der Waals surface area contributed by atoms with Crippen molar-refractivity contribution in [2.24, 2.45) is 11.8 Å². The minimum Gasteiger partial charge on any atom is -0.393 e. The first-order chi connectivity index (χ1) is 9.17. The van der Waals surface area contributed by atoms with E-state index in [9.17, 15) is 5.11 Å². The number of aliphatic hydroxyl groups is 1. The Morgan fingerprint density at radius 2 is 1.47 bits per heavy atom. The fourth-order valence-electron chi connectivity index (χ4n) is 3.68. The van der Waals surface area contributed by atoms with Gasteiger partial charge in [-0.1, -0.05) is 0 Å². The van der Waals surface area contributed by atoms with E-state index in [4.69, 9.17) is 9.47 Å². The van der Waals surface area contributed by atoms with Gasteiger partial charge in [-0.05, 0) is 76.5 Å². The lowest BCUT2D eigenvalue weighted by Crippen LogP contribution is -2.28. The van der Waals surface area contributed by atoms with Crippen molar-refractivity contribution in [3.63, 3.8) is 0 Å². The average molecular weight is 270 g/mol. The van der Waals surface area contributed by atoms with Crippen LogP contribution in [0.2, 0.25) is 0 Å². The predicted molar refractivity (Wildman–Crippen MR) is 75.9 cm³/mol. The van der Waals surface area contributed by atoms with E-state index in [0.29, 0.717) is 6.10 Å². The van der Waals surface area contributed by atoms with E-state index in [1.807, 2.05) is 6.92 Å². The van der Waals surface area contributed by atoms with Crippen LogP contribution in [0, 0.1) is 11.8 Å². The second kappa shape index (κ2) is 7.61. The molecule has 1 N–H and O–H groups in total. The summed E-state index contributed by atoms with van der Waals surface area (Å²) in [5.74, 6) is 1.75. The molecule has 0 aliphatic heterocycles. The number of aliphatic hydroxyl groups excluding tert-OH is 1. The average Bonchev–Trinajstić information content (AvgIpc) is 2.43. The van der Waals surface area contributed by atoms with Crippen LogP contribution in [0.15, 0.2) is 0 Å². The predicted octanol–water partition coefficient (Wildman–Crippen LogP) is 3.50. The Morgan fingerprint density at radius 3 is 2.00 bits per heavy atom. The molecule has 3 nitrogen and oxygen atoms in total. The Kier molecular flexibility index (Phi) is 6.11. The molecule has 0 aromatic heterocycles. The van der Waals surface area contributed by atoms with Crippen molar-refractivity contribution in [2.45, 2.75) is 83.2 Å². The minimum absolute atomic E-state index is 0.0177. The van der Waals surface area contributed by atoms with Crippen molar-refractivity contribution in [3.8, 4) is 0 Å². The third-order valence-corrected chi connectivity index (χ3v) is 4.99. The molecule has 2 saturated carbocycles. The Morgan fingerprint density at radius 1 is 0.947 bits per heavy atom. The van der Waals surface area contributed by atoms with Crippen LogP contribution in [-0.2, 0) is 9.47 Å². The van der Waals surface area contributed by atoms with Gasteiger partial charge in [0.2, 0.25) is 0 Å². The summed E-state index contributed by atoms with van der Waals surface area (Å²) in [6, 6.07) is 0. The quantitative estimate of drug-likeness (QED) is 0.777. The molecule has 112 valence electrons. The number of hydrogen-bond acceptors (Lipinski definition) is 3. The highest BCUT2D eigenvalue weighted by Crippen LogP contribution is 2.36. The highest BCUT2D eigenvalue weighted by atomic mass is 16.7. The van der Waals surface area contributed by atoms with Gasteiger partial charge in [0.15, 0.2) is 6.29 Å². The van der Waals surface area contributed by atoms with Gasteiger partial charge in [-0.2, -0.15) is 0 Å². The van der Waals surface area contributed by atoms with Crippen molar-refractivity contribution in [1.29, 1.82) is 0 Å². The standard InChI is InChI=1S/C16H30O3/c1-12(18-2)19-16-9-5-14(6-10-16)11-13-3-7-15(17)8-4-13/h12-17H,3-11H2,1-2H3. The molecule has 0 saturated heterocycles. The number of methoxy groups -OCH3 is 1. The Hall–Kier alpha value is -0.120. The molecular weight excluding hydrogens is 240 g/mol. The molecule has 0 radical (unpaired) electrons. The zero-order valence-electron chi connectivity index (χ0n) is 12.5. The van der Waals surface area contributed by atoms with Crippen molar-refractivity contribution in [3.05, 3.63) is 0 Å². The van der Waals surface area contributed by atoms with E-state index < -0.39 is 0 Å². The van der Waals surface area contributed by atoms with Gasteiger partial charge in [0, 0.05) is 7.11 Å². The Balaban J connectivity index is 1.63. The van der Waals surface area contributed by atoms with Gasteiger partial charge < -0.3 is 14.6 Å². The normalized spacial score (nSPS) is 38.1. The van der Waals surface area contributed by atoms with Gasteiger partial charge in [-0.3, -0.25) is 0 Å². The summed E-state index contributed by atoms with van der Waals surface area (Å²) < 4.78 is 11.0. The van der Waals surface area contributed by atoms with Crippen LogP contribution in [0.1, 0.15) is 64.7 Å². The molecule has 2 fully saturated rings. The largest absolute Gasteiger partial charge is 0.393 e. The molecule has 1 atom stereocenters. The molecule has 2 aliphatic rings. The maximum absolute atomic E-state index is 9.55. The summed E-state index contributed by atoms with van der Waals surface area (Å²) in [6.45, 7) is 1.97. The smallest absolute Gasteiger partial charge is 0.154 e. The lowest BCUT2D eigenvalue weighted by molar-refractivity contribution is -0.153. The van der Waals surface area contributed by atoms with E-state index in [0.717, 1.165) is 24.7 Å². The van der Waals surface area contributed by atoms with Crippen LogP contribution in [0.3, 0.4) is 0 Å². The third-order valence-electron chi connectivity index (χ3n) is 4.99. The molecule has 0 spiro atoms. The van der Waals surface area contributed by atoms with E-state index >= 15 is 0 Å². The second-order valence-corrected chi connectivity index (χ2v) is 6.49. The van der Waals surface area contributed by atoms with Gasteiger partial charge >= 0.3 is 0 Å². The van der Waals surface area contributed by atoms with Crippen LogP contribution >= 0.6 is 0 Å². The first-order valence-corrected chi connectivity index (χ1v) is 8.03. The molecule has 0 bridgehead atoms. The third kappa shape index (κ3) is 5.05. The number of ether oxygens (including phenoxy) is 2. The molecule has 0 amide bonds. The molecule has 2 aliphatic carbocycles. The first kappa shape index (κ1) is 15.3. The van der Waals surface area contributed by atoms with Crippen molar-refractivity contribution in [1.82, 2.24) is 0 Å². The molecule has 0 aromatic carbocycles. The van der Waals surface area contributed by atoms with Crippen molar-refractivity contribution < 1.29 is 14.6 Å². The maximum Gasteiger partial charge on any atom is 0.154 e. The van der Waals surface area contributed by atoms with Crippen LogP contribution in [0.25, 0.3) is 0 Å². The van der Waals surface area contributed by atoms with Gasteiger partial charge in [0.1, 0.15) is 0 Å². The summed E-state index contributed by atoms with van der Waals surface area (Å²) in [7, 11) is 1.70. The Bertz CT molecular complexity index is 240. The second-order valence-electron chi connectivity index (χ2n) is 6.49. The fourth-order valence-corrected chi connectivity index (χ4v) is 3.68. The van der Waals surface area contributed by atoms with Crippen LogP contribution in [-0.4, -0.2) is 30.7 Å². The number of rotatable bonds is 5.